The van der Waals surface area contributed by atoms with Crippen LogP contribution in [0.2, 0.25) is 0 Å². The average molecular weight is 502 g/mol. The van der Waals surface area contributed by atoms with Gasteiger partial charge in [-0.2, -0.15) is 13.2 Å². The van der Waals surface area contributed by atoms with Gasteiger partial charge in [0.1, 0.15) is 17.7 Å². The van der Waals surface area contributed by atoms with Crippen LogP contribution in [-0.4, -0.2) is 45.7 Å². The molecule has 4 rings (SSSR count). The van der Waals surface area contributed by atoms with Crippen molar-refractivity contribution in [2.75, 3.05) is 12.4 Å². The summed E-state index contributed by atoms with van der Waals surface area (Å²) in [6.45, 7) is 1.97. The van der Waals surface area contributed by atoms with Gasteiger partial charge in [0.05, 0.1) is 36.3 Å². The van der Waals surface area contributed by atoms with Gasteiger partial charge in [0.15, 0.2) is 5.60 Å². The first-order chi connectivity index (χ1) is 16.4. The SMILES string of the molecule is COc1c(C2C(C(=O)Nc3ccc4cnnn4c3)OC(C)(C(F)(F)F)C2C)ccc(F)c1C(F)F. The van der Waals surface area contributed by atoms with Crippen LogP contribution in [0.1, 0.15) is 37.3 Å². The molecule has 0 bridgehead atoms. The van der Waals surface area contributed by atoms with Gasteiger partial charge >= 0.3 is 6.18 Å². The zero-order chi connectivity index (χ0) is 25.7. The lowest BCUT2D eigenvalue weighted by Crippen LogP contribution is -2.47. The Balaban J connectivity index is 1.79. The van der Waals surface area contributed by atoms with Crippen molar-refractivity contribution in [1.82, 2.24) is 14.8 Å². The van der Waals surface area contributed by atoms with E-state index in [1.165, 1.54) is 29.9 Å². The number of carbonyl (C=O) groups excluding carboxylic acids is 1. The Bertz CT molecular complexity index is 1260. The molecule has 4 atom stereocenters. The van der Waals surface area contributed by atoms with Crippen molar-refractivity contribution < 1.29 is 40.6 Å². The highest BCUT2D eigenvalue weighted by Crippen LogP contribution is 2.55. The van der Waals surface area contributed by atoms with Crippen LogP contribution in [0, 0.1) is 11.7 Å². The van der Waals surface area contributed by atoms with Crippen molar-refractivity contribution in [3.63, 3.8) is 0 Å². The van der Waals surface area contributed by atoms with E-state index in [0.29, 0.717) is 11.6 Å². The number of nitrogens with zero attached hydrogens (tertiary/aromatic N) is 3. The molecule has 1 N–H and O–H groups in total. The van der Waals surface area contributed by atoms with E-state index in [0.717, 1.165) is 20.1 Å². The molecule has 3 aromatic rings. The second-order valence-corrected chi connectivity index (χ2v) is 8.35. The Labute approximate surface area is 195 Å². The number of halogens is 6. The van der Waals surface area contributed by atoms with Gasteiger partial charge in [-0.1, -0.05) is 18.2 Å². The number of fused-ring (bicyclic) bond motifs is 1. The minimum absolute atomic E-state index is 0.183. The van der Waals surface area contributed by atoms with E-state index in [4.69, 9.17) is 9.47 Å². The zero-order valence-corrected chi connectivity index (χ0v) is 18.6. The molecule has 3 heterocycles. The van der Waals surface area contributed by atoms with E-state index in [9.17, 15) is 31.1 Å². The summed E-state index contributed by atoms with van der Waals surface area (Å²) in [6.07, 6.45) is -7.13. The number of ether oxygens (including phenoxy) is 2. The van der Waals surface area contributed by atoms with E-state index < -0.39 is 59.2 Å². The van der Waals surface area contributed by atoms with Crippen molar-refractivity contribution in [2.45, 2.75) is 44.1 Å². The molecule has 13 heteroatoms. The number of nitrogens with one attached hydrogen (secondary N) is 1. The van der Waals surface area contributed by atoms with E-state index >= 15 is 0 Å². The number of pyridine rings is 1. The number of benzene rings is 1. The molecule has 1 aromatic carbocycles. The molecular weight excluding hydrogens is 482 g/mol. The predicted octanol–water partition coefficient (Wildman–Crippen LogP) is 4.89. The van der Waals surface area contributed by atoms with Gasteiger partial charge in [-0.3, -0.25) is 4.79 Å². The summed E-state index contributed by atoms with van der Waals surface area (Å²) in [7, 11) is 0.996. The number of alkyl halides is 5. The molecule has 0 radical (unpaired) electrons. The highest BCUT2D eigenvalue weighted by molar-refractivity contribution is 5.95. The predicted molar refractivity (Wildman–Crippen MR) is 111 cm³/mol. The first-order valence-corrected chi connectivity index (χ1v) is 10.4. The lowest BCUT2D eigenvalue weighted by molar-refractivity contribution is -0.272. The summed E-state index contributed by atoms with van der Waals surface area (Å²) >= 11 is 0. The van der Waals surface area contributed by atoms with Gasteiger partial charge in [-0.15, -0.1) is 5.10 Å². The number of methoxy groups -OCH3 is 1. The minimum Gasteiger partial charge on any atom is -0.496 e. The van der Waals surface area contributed by atoms with Crippen LogP contribution >= 0.6 is 0 Å². The molecule has 1 saturated heterocycles. The summed E-state index contributed by atoms with van der Waals surface area (Å²) in [6, 6.07) is 4.81. The maximum atomic E-state index is 14.2. The minimum atomic E-state index is -4.90. The normalized spacial score (nSPS) is 24.8. The Morgan fingerprint density at radius 3 is 2.60 bits per heavy atom. The van der Waals surface area contributed by atoms with E-state index in [1.807, 2.05) is 0 Å². The topological polar surface area (TPSA) is 77.8 Å². The maximum Gasteiger partial charge on any atom is 0.417 e. The lowest BCUT2D eigenvalue weighted by atomic mass is 9.76. The molecule has 35 heavy (non-hydrogen) atoms. The number of amides is 1. The first kappa shape index (κ1) is 24.8. The highest BCUT2D eigenvalue weighted by Gasteiger charge is 2.66. The smallest absolute Gasteiger partial charge is 0.417 e. The van der Waals surface area contributed by atoms with E-state index in [1.54, 1.807) is 6.07 Å². The molecule has 4 unspecified atom stereocenters. The summed E-state index contributed by atoms with van der Waals surface area (Å²) in [4.78, 5) is 13.2. The summed E-state index contributed by atoms with van der Waals surface area (Å²) < 4.78 is 95.2. The van der Waals surface area contributed by atoms with Crippen LogP contribution in [0.15, 0.2) is 36.7 Å². The van der Waals surface area contributed by atoms with Crippen LogP contribution in [0.25, 0.3) is 5.52 Å². The molecule has 7 nitrogen and oxygen atoms in total. The molecular formula is C22H20F6N4O3. The van der Waals surface area contributed by atoms with Crippen LogP contribution in [0.5, 0.6) is 5.75 Å². The van der Waals surface area contributed by atoms with Crippen LogP contribution in [-0.2, 0) is 9.53 Å². The van der Waals surface area contributed by atoms with Crippen molar-refractivity contribution >= 4 is 17.1 Å². The van der Waals surface area contributed by atoms with Gasteiger partial charge in [0, 0.05) is 17.4 Å². The fourth-order valence-corrected chi connectivity index (χ4v) is 4.42. The third-order valence-electron chi connectivity index (χ3n) is 6.45. The number of carbonyl (C=O) groups is 1. The molecule has 2 aromatic heterocycles. The average Bonchev–Trinajstić information content (AvgIpc) is 3.35. The van der Waals surface area contributed by atoms with Crippen molar-refractivity contribution in [2.24, 2.45) is 5.92 Å². The zero-order valence-electron chi connectivity index (χ0n) is 18.6. The molecule has 1 amide bonds. The van der Waals surface area contributed by atoms with Gasteiger partial charge in [0.2, 0.25) is 0 Å². The standard InChI is InChI=1S/C22H20F6N4O3/c1-10-15(13-6-7-14(23)16(19(24)25)17(13)34-3)18(35-21(10,2)22(26,27)28)20(33)30-11-4-5-12-8-29-31-32(12)9-11/h4-10,15,18-19H,1-3H3,(H,30,33). The second kappa shape index (κ2) is 8.70. The lowest BCUT2D eigenvalue weighted by Gasteiger charge is -2.32. The van der Waals surface area contributed by atoms with Gasteiger partial charge in [0.25, 0.3) is 12.3 Å². The molecule has 188 valence electrons. The number of hydrogen-bond acceptors (Lipinski definition) is 5. The highest BCUT2D eigenvalue weighted by atomic mass is 19.4. The number of aromatic nitrogens is 3. The molecule has 1 aliphatic rings. The number of anilines is 1. The second-order valence-electron chi connectivity index (χ2n) is 8.35. The Morgan fingerprint density at radius 1 is 1.26 bits per heavy atom. The van der Waals surface area contributed by atoms with Crippen LogP contribution < -0.4 is 10.1 Å². The quantitative estimate of drug-likeness (QED) is 0.503. The van der Waals surface area contributed by atoms with Crippen molar-refractivity contribution in [1.29, 1.82) is 0 Å². The third kappa shape index (κ3) is 4.07. The van der Waals surface area contributed by atoms with Crippen molar-refractivity contribution in [3.8, 4) is 5.75 Å². The first-order valence-electron chi connectivity index (χ1n) is 10.4. The third-order valence-corrected chi connectivity index (χ3v) is 6.45. The molecule has 1 aliphatic heterocycles. The van der Waals surface area contributed by atoms with Crippen LogP contribution in [0.3, 0.4) is 0 Å². The molecule has 0 spiro atoms. The Kier molecular flexibility index (Phi) is 6.16. The number of hydrogen-bond donors (Lipinski definition) is 1. The van der Waals surface area contributed by atoms with Gasteiger partial charge in [-0.25, -0.2) is 17.7 Å². The maximum absolute atomic E-state index is 14.2. The summed E-state index contributed by atoms with van der Waals surface area (Å²) in [5, 5.41) is 9.96. The van der Waals surface area contributed by atoms with E-state index in [-0.39, 0.29) is 11.3 Å². The summed E-state index contributed by atoms with van der Waals surface area (Å²) in [5.41, 5.74) is -3.32. The molecule has 0 aliphatic carbocycles. The molecule has 1 fully saturated rings. The fraction of sp³-hybridized carbons (Fsp3) is 0.409. The van der Waals surface area contributed by atoms with E-state index in [2.05, 4.69) is 15.6 Å². The largest absolute Gasteiger partial charge is 0.496 e. The van der Waals surface area contributed by atoms with Crippen molar-refractivity contribution in [3.05, 3.63) is 53.6 Å². The summed E-state index contributed by atoms with van der Waals surface area (Å²) in [5.74, 6) is -5.70. The number of rotatable bonds is 5. The van der Waals surface area contributed by atoms with Crippen LogP contribution in [0.4, 0.5) is 32.0 Å². The Morgan fingerprint density at radius 2 is 1.97 bits per heavy atom. The van der Waals surface area contributed by atoms with Gasteiger partial charge in [-0.05, 0) is 25.1 Å². The Hall–Kier alpha value is -3.35. The van der Waals surface area contributed by atoms with Gasteiger partial charge < -0.3 is 14.8 Å². The fourth-order valence-electron chi connectivity index (χ4n) is 4.42. The molecule has 0 saturated carbocycles. The monoisotopic (exact) mass is 502 g/mol.